The molecule has 0 radical (unpaired) electrons. The highest BCUT2D eigenvalue weighted by Gasteiger charge is 2.19. The quantitative estimate of drug-likeness (QED) is 0.699. The third-order valence-electron chi connectivity index (χ3n) is 3.82. The van der Waals surface area contributed by atoms with Crippen molar-refractivity contribution in [1.82, 2.24) is 4.98 Å². The second-order valence-electron chi connectivity index (χ2n) is 5.45. The van der Waals surface area contributed by atoms with Crippen LogP contribution in [0.1, 0.15) is 6.92 Å². The van der Waals surface area contributed by atoms with Crippen molar-refractivity contribution in [2.45, 2.75) is 13.0 Å². The molecule has 6 nitrogen and oxygen atoms in total. The summed E-state index contributed by atoms with van der Waals surface area (Å²) < 4.78 is 22.1. The Morgan fingerprint density at radius 1 is 1.21 bits per heavy atom. The predicted molar refractivity (Wildman–Crippen MR) is 90.9 cm³/mol. The highest BCUT2D eigenvalue weighted by Crippen LogP contribution is 2.41. The molecule has 0 aliphatic heterocycles. The van der Waals surface area contributed by atoms with Gasteiger partial charge in [-0.2, -0.15) is 0 Å². The molecule has 1 aromatic carbocycles. The van der Waals surface area contributed by atoms with Gasteiger partial charge in [0.15, 0.2) is 11.5 Å². The summed E-state index contributed by atoms with van der Waals surface area (Å²) in [6.07, 6.45) is 0.812. The van der Waals surface area contributed by atoms with Crippen LogP contribution in [-0.2, 0) is 0 Å². The molecule has 6 heteroatoms. The minimum absolute atomic E-state index is 0.0807. The van der Waals surface area contributed by atoms with Gasteiger partial charge in [-0.3, -0.25) is 0 Å². The van der Waals surface area contributed by atoms with Crippen molar-refractivity contribution in [2.75, 3.05) is 20.8 Å². The van der Waals surface area contributed by atoms with E-state index in [-0.39, 0.29) is 6.61 Å². The lowest BCUT2D eigenvalue weighted by molar-refractivity contribution is 0.133. The van der Waals surface area contributed by atoms with Gasteiger partial charge < -0.3 is 23.7 Å². The molecule has 0 spiro atoms. The van der Waals surface area contributed by atoms with Crippen LogP contribution in [0.25, 0.3) is 22.0 Å². The molecule has 3 aromatic rings. The molecular weight excluding hydrogens is 310 g/mol. The number of furan rings is 1. The second kappa shape index (κ2) is 6.41. The molecule has 0 aliphatic rings. The molecule has 0 saturated heterocycles. The van der Waals surface area contributed by atoms with E-state index in [1.807, 2.05) is 6.07 Å². The number of aromatic nitrogens is 1. The van der Waals surface area contributed by atoms with Gasteiger partial charge in [0.1, 0.15) is 24.0 Å². The summed E-state index contributed by atoms with van der Waals surface area (Å²) in [4.78, 5) is 4.51. The molecule has 0 unspecified atom stereocenters. The zero-order valence-corrected chi connectivity index (χ0v) is 13.8. The fourth-order valence-corrected chi connectivity index (χ4v) is 2.50. The van der Waals surface area contributed by atoms with E-state index >= 15 is 0 Å². The van der Waals surface area contributed by atoms with Crippen LogP contribution in [0.4, 0.5) is 0 Å². The number of aliphatic hydroxyl groups is 1. The zero-order valence-electron chi connectivity index (χ0n) is 13.8. The molecule has 0 amide bonds. The van der Waals surface area contributed by atoms with E-state index < -0.39 is 6.10 Å². The minimum Gasteiger partial charge on any atom is -0.495 e. The van der Waals surface area contributed by atoms with Crippen LogP contribution in [-0.4, -0.2) is 37.0 Å². The van der Waals surface area contributed by atoms with E-state index in [9.17, 15) is 5.11 Å². The Morgan fingerprint density at radius 3 is 2.62 bits per heavy atom. The predicted octanol–water partition coefficient (Wildman–Crippen LogP) is 3.31. The highest BCUT2D eigenvalue weighted by atomic mass is 16.5. The van der Waals surface area contributed by atoms with E-state index in [4.69, 9.17) is 18.6 Å². The normalized spacial score (nSPS) is 12.3. The van der Waals surface area contributed by atoms with Crippen LogP contribution in [0, 0.1) is 0 Å². The number of ether oxygens (including phenoxy) is 3. The van der Waals surface area contributed by atoms with Gasteiger partial charge in [0.2, 0.25) is 5.71 Å². The lowest BCUT2D eigenvalue weighted by Crippen LogP contribution is -2.18. The number of hydrogen-bond donors (Lipinski definition) is 1. The highest BCUT2D eigenvalue weighted by molar-refractivity contribution is 6.02. The zero-order chi connectivity index (χ0) is 17.3. The average Bonchev–Trinajstić information content (AvgIpc) is 3.04. The van der Waals surface area contributed by atoms with Crippen molar-refractivity contribution in [2.24, 2.45) is 0 Å². The first-order chi connectivity index (χ1) is 11.6. The maximum Gasteiger partial charge on any atom is 0.230 e. The van der Waals surface area contributed by atoms with E-state index in [0.717, 1.165) is 10.8 Å². The molecule has 3 rings (SSSR count). The Kier molecular flexibility index (Phi) is 4.31. The summed E-state index contributed by atoms with van der Waals surface area (Å²) in [5.41, 5.74) is 1.66. The first kappa shape index (κ1) is 16.1. The van der Waals surface area contributed by atoms with E-state index in [2.05, 4.69) is 11.6 Å². The van der Waals surface area contributed by atoms with Gasteiger partial charge >= 0.3 is 0 Å². The van der Waals surface area contributed by atoms with Crippen molar-refractivity contribution in [3.63, 3.8) is 0 Å². The lowest BCUT2D eigenvalue weighted by Gasteiger charge is -2.16. The second-order valence-corrected chi connectivity index (χ2v) is 5.45. The van der Waals surface area contributed by atoms with Crippen LogP contribution >= 0.6 is 0 Å². The average molecular weight is 329 g/mol. The standard InChI is InChI=1S/C18H19NO5/c1-10(2)13(20)9-24-14-6-5-11-15(17(14)22-4)19-18-12(7-8-23-18)16(11)21-3/h5-8,13,20H,1,9H2,2-4H3/t13-/m1/s1. The first-order valence-electron chi connectivity index (χ1n) is 7.45. The molecule has 24 heavy (non-hydrogen) atoms. The van der Waals surface area contributed by atoms with Crippen LogP contribution in [0.3, 0.4) is 0 Å². The first-order valence-corrected chi connectivity index (χ1v) is 7.45. The Hall–Kier alpha value is -2.73. The van der Waals surface area contributed by atoms with Gasteiger partial charge in [-0.25, -0.2) is 4.98 Å². The van der Waals surface area contributed by atoms with Gasteiger partial charge in [-0.1, -0.05) is 6.58 Å². The SMILES string of the molecule is C=C(C)[C@H](O)COc1ccc2c(OC)c3ccoc3nc2c1OC. The number of benzene rings is 1. The van der Waals surface area contributed by atoms with Crippen molar-refractivity contribution in [1.29, 1.82) is 0 Å². The molecule has 2 heterocycles. The summed E-state index contributed by atoms with van der Waals surface area (Å²) >= 11 is 0. The lowest BCUT2D eigenvalue weighted by atomic mass is 10.1. The van der Waals surface area contributed by atoms with Gasteiger partial charge in [0.05, 0.1) is 25.9 Å². The fourth-order valence-electron chi connectivity index (χ4n) is 2.50. The molecule has 0 saturated carbocycles. The summed E-state index contributed by atoms with van der Waals surface area (Å²) in [5.74, 6) is 1.60. The molecule has 2 aromatic heterocycles. The molecule has 0 fully saturated rings. The van der Waals surface area contributed by atoms with Gasteiger partial charge in [0, 0.05) is 5.39 Å². The topological polar surface area (TPSA) is 74.0 Å². The number of aliphatic hydroxyl groups excluding tert-OH is 1. The Labute approximate surface area is 139 Å². The molecular formula is C18H19NO5. The number of fused-ring (bicyclic) bond motifs is 2. The maximum absolute atomic E-state index is 9.84. The monoisotopic (exact) mass is 329 g/mol. The van der Waals surface area contributed by atoms with E-state index in [0.29, 0.717) is 34.1 Å². The molecule has 126 valence electrons. The van der Waals surface area contributed by atoms with Gasteiger partial charge in [-0.15, -0.1) is 0 Å². The summed E-state index contributed by atoms with van der Waals surface area (Å²) in [6.45, 7) is 5.53. The van der Waals surface area contributed by atoms with Crippen molar-refractivity contribution >= 4 is 22.0 Å². The number of pyridine rings is 1. The largest absolute Gasteiger partial charge is 0.495 e. The molecule has 1 N–H and O–H groups in total. The summed E-state index contributed by atoms with van der Waals surface area (Å²) in [5, 5.41) is 11.4. The summed E-state index contributed by atoms with van der Waals surface area (Å²) in [7, 11) is 3.14. The molecule has 0 aliphatic carbocycles. The van der Waals surface area contributed by atoms with Crippen LogP contribution < -0.4 is 14.2 Å². The van der Waals surface area contributed by atoms with Crippen molar-refractivity contribution in [3.8, 4) is 17.2 Å². The van der Waals surface area contributed by atoms with Crippen LogP contribution in [0.5, 0.6) is 17.2 Å². The van der Waals surface area contributed by atoms with Crippen LogP contribution in [0.15, 0.2) is 41.0 Å². The number of rotatable bonds is 6. The fraction of sp³-hybridized carbons (Fsp3) is 0.278. The Balaban J connectivity index is 2.12. The van der Waals surface area contributed by atoms with Crippen molar-refractivity contribution < 1.29 is 23.7 Å². The number of methoxy groups -OCH3 is 2. The van der Waals surface area contributed by atoms with Crippen LogP contribution in [0.2, 0.25) is 0 Å². The van der Waals surface area contributed by atoms with Crippen molar-refractivity contribution in [3.05, 3.63) is 36.6 Å². The third-order valence-corrected chi connectivity index (χ3v) is 3.82. The van der Waals surface area contributed by atoms with Gasteiger partial charge in [-0.05, 0) is 30.7 Å². The Bertz CT molecular complexity index is 899. The third kappa shape index (κ3) is 2.65. The number of nitrogens with zero attached hydrogens (tertiary/aromatic N) is 1. The van der Waals surface area contributed by atoms with E-state index in [1.165, 1.54) is 7.11 Å². The minimum atomic E-state index is -0.750. The molecule has 0 bridgehead atoms. The summed E-state index contributed by atoms with van der Waals surface area (Å²) in [6, 6.07) is 5.42. The van der Waals surface area contributed by atoms with E-state index in [1.54, 1.807) is 32.4 Å². The smallest absolute Gasteiger partial charge is 0.230 e. The molecule has 1 atom stereocenters. The maximum atomic E-state index is 9.84. The van der Waals surface area contributed by atoms with Gasteiger partial charge in [0.25, 0.3) is 0 Å². The number of hydrogen-bond acceptors (Lipinski definition) is 6. The Morgan fingerprint density at radius 2 is 1.96 bits per heavy atom.